The molecular formula is C15H22O2S. The first-order chi connectivity index (χ1) is 8.81. The van der Waals surface area contributed by atoms with E-state index >= 15 is 0 Å². The number of hydrogen-bond acceptors (Lipinski definition) is 3. The van der Waals surface area contributed by atoms with E-state index < -0.39 is 0 Å². The van der Waals surface area contributed by atoms with Crippen molar-refractivity contribution in [3.63, 3.8) is 0 Å². The smallest absolute Gasteiger partial charge is 0.162 e. The molecule has 3 heteroatoms. The number of hydrogen-bond donors (Lipinski definition) is 0. The van der Waals surface area contributed by atoms with Crippen LogP contribution < -0.4 is 0 Å². The number of aryl methyl sites for hydroxylation is 1. The van der Waals surface area contributed by atoms with Gasteiger partial charge in [-0.25, -0.2) is 0 Å². The molecule has 2 nitrogen and oxygen atoms in total. The van der Waals surface area contributed by atoms with Crippen LogP contribution in [0.25, 0.3) is 0 Å². The summed E-state index contributed by atoms with van der Waals surface area (Å²) in [5.74, 6) is 0.745. The highest BCUT2D eigenvalue weighted by Crippen LogP contribution is 2.28. The van der Waals surface area contributed by atoms with Gasteiger partial charge >= 0.3 is 0 Å². The van der Waals surface area contributed by atoms with Gasteiger partial charge in [0.15, 0.2) is 5.78 Å². The second kappa shape index (κ2) is 7.05. The van der Waals surface area contributed by atoms with E-state index in [1.54, 1.807) is 18.4 Å². The van der Waals surface area contributed by atoms with Gasteiger partial charge in [-0.2, -0.15) is 11.3 Å². The number of methoxy groups -OCH3 is 1. The van der Waals surface area contributed by atoms with E-state index in [0.29, 0.717) is 12.3 Å². The summed E-state index contributed by atoms with van der Waals surface area (Å²) < 4.78 is 5.47. The monoisotopic (exact) mass is 266 g/mol. The molecule has 1 saturated carbocycles. The number of rotatable bonds is 6. The molecule has 0 aromatic carbocycles. The number of carbonyl (C=O) groups excluding carboxylic acids is 1. The number of ketones is 1. The molecule has 2 rings (SSSR count). The molecule has 1 unspecified atom stereocenters. The molecular weight excluding hydrogens is 244 g/mol. The Morgan fingerprint density at radius 3 is 2.83 bits per heavy atom. The summed E-state index contributed by atoms with van der Waals surface area (Å²) in [7, 11) is 1.68. The highest BCUT2D eigenvalue weighted by Gasteiger charge is 2.28. The summed E-state index contributed by atoms with van der Waals surface area (Å²) in [6.45, 7) is 0. The highest BCUT2D eigenvalue weighted by atomic mass is 32.1. The van der Waals surface area contributed by atoms with Crippen molar-refractivity contribution in [1.82, 2.24) is 0 Å². The highest BCUT2D eigenvalue weighted by molar-refractivity contribution is 7.07. The molecule has 1 aromatic heterocycles. The van der Waals surface area contributed by atoms with E-state index in [-0.39, 0.29) is 11.9 Å². The minimum Gasteiger partial charge on any atom is -0.373 e. The van der Waals surface area contributed by atoms with Gasteiger partial charge in [0, 0.05) is 13.5 Å². The third-order valence-electron chi connectivity index (χ3n) is 3.89. The van der Waals surface area contributed by atoms with Crippen molar-refractivity contribution in [2.75, 3.05) is 7.11 Å². The van der Waals surface area contributed by atoms with E-state index in [9.17, 15) is 4.79 Å². The van der Waals surface area contributed by atoms with Crippen molar-refractivity contribution < 1.29 is 9.53 Å². The summed E-state index contributed by atoms with van der Waals surface area (Å²) in [6, 6.07) is 2.10. The molecule has 0 amide bonds. The Balaban J connectivity index is 1.84. The maximum Gasteiger partial charge on any atom is 0.162 e. The maximum absolute atomic E-state index is 12.2. The molecule has 18 heavy (non-hydrogen) atoms. The lowest BCUT2D eigenvalue weighted by Gasteiger charge is -2.28. The van der Waals surface area contributed by atoms with Crippen molar-refractivity contribution in [1.29, 1.82) is 0 Å². The average molecular weight is 266 g/mol. The third-order valence-corrected chi connectivity index (χ3v) is 4.62. The minimum atomic E-state index is -0.163. The molecule has 1 aliphatic rings. The van der Waals surface area contributed by atoms with Gasteiger partial charge in [0.05, 0.1) is 0 Å². The van der Waals surface area contributed by atoms with Gasteiger partial charge in [-0.3, -0.25) is 4.79 Å². The zero-order valence-electron chi connectivity index (χ0n) is 11.1. The van der Waals surface area contributed by atoms with Crippen LogP contribution in [-0.4, -0.2) is 19.0 Å². The summed E-state index contributed by atoms with van der Waals surface area (Å²) in [5.41, 5.74) is 1.27. The zero-order chi connectivity index (χ0) is 12.8. The van der Waals surface area contributed by atoms with Gasteiger partial charge in [-0.1, -0.05) is 19.3 Å². The number of carbonyl (C=O) groups is 1. The summed E-state index contributed by atoms with van der Waals surface area (Å²) >= 11 is 1.69. The zero-order valence-corrected chi connectivity index (χ0v) is 11.9. The quantitative estimate of drug-likeness (QED) is 0.782. The second-order valence-electron chi connectivity index (χ2n) is 5.15. The van der Waals surface area contributed by atoms with Crippen molar-refractivity contribution in [2.24, 2.45) is 5.92 Å². The molecule has 0 radical (unpaired) electrons. The van der Waals surface area contributed by atoms with Crippen LogP contribution in [0.1, 0.15) is 44.1 Å². The number of ether oxygens (including phenoxy) is 1. The van der Waals surface area contributed by atoms with Crippen LogP contribution in [0, 0.1) is 5.92 Å². The summed E-state index contributed by atoms with van der Waals surface area (Å²) in [5, 5.41) is 4.18. The molecule has 0 aliphatic heterocycles. The van der Waals surface area contributed by atoms with E-state index in [1.807, 2.05) is 0 Å². The number of Topliss-reactive ketones (excluding diaryl/α,β-unsaturated/α-hetero) is 1. The first-order valence-electron chi connectivity index (χ1n) is 6.88. The third kappa shape index (κ3) is 3.66. The number of thiophene rings is 1. The van der Waals surface area contributed by atoms with Crippen LogP contribution >= 0.6 is 11.3 Å². The Morgan fingerprint density at radius 2 is 2.22 bits per heavy atom. The van der Waals surface area contributed by atoms with Crippen LogP contribution in [0.4, 0.5) is 0 Å². The maximum atomic E-state index is 12.2. The first kappa shape index (κ1) is 13.8. The van der Waals surface area contributed by atoms with Gasteiger partial charge in [0.1, 0.15) is 6.10 Å². The van der Waals surface area contributed by atoms with Crippen LogP contribution in [-0.2, 0) is 16.0 Å². The Bertz CT molecular complexity index is 353. The molecule has 0 spiro atoms. The van der Waals surface area contributed by atoms with Gasteiger partial charge in [0.25, 0.3) is 0 Å². The van der Waals surface area contributed by atoms with E-state index in [4.69, 9.17) is 4.74 Å². The standard InChI is InChI=1S/C15H22O2S/c1-17-15(13-5-3-2-4-6-13)14(16)8-7-12-9-10-18-11-12/h9-11,13,15H,2-8H2,1H3. The van der Waals surface area contributed by atoms with Crippen LogP contribution in [0.15, 0.2) is 16.8 Å². The van der Waals surface area contributed by atoms with Gasteiger partial charge in [0.2, 0.25) is 0 Å². The SMILES string of the molecule is COC(C(=O)CCc1ccsc1)C1CCCCC1. The molecule has 1 fully saturated rings. The lowest BCUT2D eigenvalue weighted by Crippen LogP contribution is -2.33. The van der Waals surface area contributed by atoms with Crippen molar-refractivity contribution in [3.8, 4) is 0 Å². The predicted octanol–water partition coefficient (Wildman–Crippen LogP) is 3.85. The molecule has 1 aromatic rings. The van der Waals surface area contributed by atoms with E-state index in [0.717, 1.165) is 19.3 Å². The van der Waals surface area contributed by atoms with Crippen molar-refractivity contribution in [3.05, 3.63) is 22.4 Å². The lowest BCUT2D eigenvalue weighted by atomic mass is 9.83. The van der Waals surface area contributed by atoms with E-state index in [1.165, 1.54) is 24.8 Å². The fraction of sp³-hybridized carbons (Fsp3) is 0.667. The van der Waals surface area contributed by atoms with Crippen LogP contribution in [0.5, 0.6) is 0 Å². The summed E-state index contributed by atoms with van der Waals surface area (Å²) in [6.07, 6.45) is 7.44. The summed E-state index contributed by atoms with van der Waals surface area (Å²) in [4.78, 5) is 12.2. The lowest BCUT2D eigenvalue weighted by molar-refractivity contribution is -0.132. The van der Waals surface area contributed by atoms with Gasteiger partial charge < -0.3 is 4.74 Å². The fourth-order valence-corrected chi connectivity index (χ4v) is 3.57. The minimum absolute atomic E-state index is 0.163. The topological polar surface area (TPSA) is 26.3 Å². The molecule has 0 bridgehead atoms. The van der Waals surface area contributed by atoms with Crippen molar-refractivity contribution in [2.45, 2.75) is 51.0 Å². The van der Waals surface area contributed by atoms with Gasteiger partial charge in [-0.05, 0) is 47.6 Å². The normalized spacial score (nSPS) is 18.7. The Morgan fingerprint density at radius 1 is 1.44 bits per heavy atom. The second-order valence-corrected chi connectivity index (χ2v) is 5.93. The largest absolute Gasteiger partial charge is 0.373 e. The van der Waals surface area contributed by atoms with Crippen LogP contribution in [0.3, 0.4) is 0 Å². The molecule has 0 N–H and O–H groups in total. The Kier molecular flexibility index (Phi) is 5.39. The Labute approximate surface area is 113 Å². The van der Waals surface area contributed by atoms with Crippen LogP contribution in [0.2, 0.25) is 0 Å². The fourth-order valence-electron chi connectivity index (χ4n) is 2.87. The van der Waals surface area contributed by atoms with Gasteiger partial charge in [-0.15, -0.1) is 0 Å². The average Bonchev–Trinajstić information content (AvgIpc) is 2.92. The molecule has 0 saturated heterocycles. The molecule has 1 aliphatic carbocycles. The Hall–Kier alpha value is -0.670. The molecule has 1 heterocycles. The van der Waals surface area contributed by atoms with Crippen molar-refractivity contribution >= 4 is 17.1 Å². The predicted molar refractivity (Wildman–Crippen MR) is 75.0 cm³/mol. The molecule has 100 valence electrons. The van der Waals surface area contributed by atoms with E-state index in [2.05, 4.69) is 16.8 Å². The first-order valence-corrected chi connectivity index (χ1v) is 7.82. The molecule has 1 atom stereocenters.